The second-order valence-electron chi connectivity index (χ2n) is 5.12. The average molecular weight is 280 g/mol. The molecule has 1 saturated heterocycles. The Balaban J connectivity index is 2.16. The standard InChI is InChI=1S/C14H17FN2OS/c1-9-10-6-7-18-8-14(10,17-13(16)19-9)11-4-2-3-5-12(11)15/h2-5,9-10H,6-8H2,1H3,(H2,16,17)/t9-,10+,14+/m1/s1. The molecule has 102 valence electrons. The second-order valence-corrected chi connectivity index (χ2v) is 6.52. The van der Waals surface area contributed by atoms with Gasteiger partial charge >= 0.3 is 0 Å². The smallest absolute Gasteiger partial charge is 0.155 e. The van der Waals surface area contributed by atoms with Gasteiger partial charge in [0.25, 0.3) is 0 Å². The maximum absolute atomic E-state index is 14.2. The number of aliphatic imine (C=N–C) groups is 1. The minimum absolute atomic E-state index is 0.228. The van der Waals surface area contributed by atoms with E-state index in [0.717, 1.165) is 6.42 Å². The molecule has 2 heterocycles. The van der Waals surface area contributed by atoms with Crippen molar-refractivity contribution in [3.8, 4) is 0 Å². The van der Waals surface area contributed by atoms with Crippen LogP contribution in [0.2, 0.25) is 0 Å². The molecule has 3 nitrogen and oxygen atoms in total. The highest BCUT2D eigenvalue weighted by Gasteiger charge is 2.49. The third-order valence-electron chi connectivity index (χ3n) is 4.03. The van der Waals surface area contributed by atoms with Crippen LogP contribution in [0.1, 0.15) is 18.9 Å². The molecule has 0 aromatic heterocycles. The molecule has 1 aromatic rings. The predicted molar refractivity (Wildman–Crippen MR) is 75.7 cm³/mol. The molecular formula is C14H17FN2OS. The molecule has 2 aliphatic heterocycles. The first-order valence-corrected chi connectivity index (χ1v) is 7.36. The SMILES string of the molecule is C[C@H]1SC(N)=N[C@@]2(c3ccccc3F)COCC[C@@H]12. The second kappa shape index (κ2) is 4.80. The largest absolute Gasteiger partial charge is 0.379 e. The maximum atomic E-state index is 14.2. The average Bonchev–Trinajstić information content (AvgIpc) is 2.38. The summed E-state index contributed by atoms with van der Waals surface area (Å²) in [6.07, 6.45) is 0.888. The minimum atomic E-state index is -0.654. The van der Waals surface area contributed by atoms with Crippen LogP contribution in [0.15, 0.2) is 29.3 Å². The third-order valence-corrected chi connectivity index (χ3v) is 5.07. The van der Waals surface area contributed by atoms with E-state index in [9.17, 15) is 4.39 Å². The molecule has 5 heteroatoms. The highest BCUT2D eigenvalue weighted by atomic mass is 32.2. The van der Waals surface area contributed by atoms with Crippen molar-refractivity contribution in [3.05, 3.63) is 35.6 Å². The summed E-state index contributed by atoms with van der Waals surface area (Å²) in [5, 5.41) is 0.846. The molecule has 0 aliphatic carbocycles. The van der Waals surface area contributed by atoms with E-state index in [0.29, 0.717) is 29.2 Å². The van der Waals surface area contributed by atoms with E-state index < -0.39 is 5.54 Å². The Morgan fingerprint density at radius 3 is 3.05 bits per heavy atom. The Bertz CT molecular complexity index is 522. The Labute approximate surface area is 116 Å². The van der Waals surface area contributed by atoms with Gasteiger partial charge in [0, 0.05) is 23.3 Å². The zero-order valence-corrected chi connectivity index (χ0v) is 11.6. The fourth-order valence-electron chi connectivity index (χ4n) is 3.17. The summed E-state index contributed by atoms with van der Waals surface area (Å²) in [5.74, 6) is 0.0316. The van der Waals surface area contributed by atoms with E-state index in [1.54, 1.807) is 23.9 Å². The monoisotopic (exact) mass is 280 g/mol. The van der Waals surface area contributed by atoms with E-state index in [-0.39, 0.29) is 11.7 Å². The Morgan fingerprint density at radius 2 is 2.26 bits per heavy atom. The van der Waals surface area contributed by atoms with Crippen LogP contribution in [0.5, 0.6) is 0 Å². The summed E-state index contributed by atoms with van der Waals surface area (Å²) < 4.78 is 19.8. The number of rotatable bonds is 1. The number of hydrogen-bond donors (Lipinski definition) is 1. The van der Waals surface area contributed by atoms with Gasteiger partial charge in [-0.1, -0.05) is 36.9 Å². The Hall–Kier alpha value is -1.07. The van der Waals surface area contributed by atoms with E-state index in [2.05, 4.69) is 11.9 Å². The highest BCUT2D eigenvalue weighted by molar-refractivity contribution is 8.14. The summed E-state index contributed by atoms with van der Waals surface area (Å²) >= 11 is 1.58. The molecule has 0 saturated carbocycles. The first kappa shape index (κ1) is 12.9. The van der Waals surface area contributed by atoms with Gasteiger partial charge in [0.2, 0.25) is 0 Å². The van der Waals surface area contributed by atoms with Crippen LogP contribution in [0.4, 0.5) is 4.39 Å². The molecule has 0 amide bonds. The summed E-state index contributed by atoms with van der Waals surface area (Å²) in [5.41, 5.74) is 5.89. The van der Waals surface area contributed by atoms with Gasteiger partial charge in [0.05, 0.1) is 6.61 Å². The van der Waals surface area contributed by atoms with Gasteiger partial charge in [-0.15, -0.1) is 0 Å². The third kappa shape index (κ3) is 2.05. The number of benzene rings is 1. The minimum Gasteiger partial charge on any atom is -0.379 e. The van der Waals surface area contributed by atoms with Gasteiger partial charge in [-0.2, -0.15) is 0 Å². The molecule has 1 aromatic carbocycles. The van der Waals surface area contributed by atoms with E-state index in [1.807, 2.05) is 6.07 Å². The number of fused-ring (bicyclic) bond motifs is 1. The summed E-state index contributed by atoms with van der Waals surface area (Å²) in [6, 6.07) is 6.82. The molecule has 0 unspecified atom stereocenters. The van der Waals surface area contributed by atoms with Crippen molar-refractivity contribution in [2.24, 2.45) is 16.6 Å². The topological polar surface area (TPSA) is 47.6 Å². The van der Waals surface area contributed by atoms with Gasteiger partial charge in [0.1, 0.15) is 11.4 Å². The number of nitrogens with two attached hydrogens (primary N) is 1. The number of nitrogens with zero attached hydrogens (tertiary/aromatic N) is 1. The number of ether oxygens (including phenoxy) is 1. The molecule has 0 radical (unpaired) electrons. The molecule has 3 rings (SSSR count). The zero-order chi connectivity index (χ0) is 13.5. The van der Waals surface area contributed by atoms with E-state index in [1.165, 1.54) is 6.07 Å². The summed E-state index contributed by atoms with van der Waals surface area (Å²) in [7, 11) is 0. The van der Waals surface area contributed by atoms with Crippen LogP contribution >= 0.6 is 11.8 Å². The van der Waals surface area contributed by atoms with Crippen molar-refractivity contribution in [1.29, 1.82) is 0 Å². The lowest BCUT2D eigenvalue weighted by molar-refractivity contribution is -0.00420. The Morgan fingerprint density at radius 1 is 1.47 bits per heavy atom. The van der Waals surface area contributed by atoms with E-state index >= 15 is 0 Å². The summed E-state index contributed by atoms with van der Waals surface area (Å²) in [6.45, 7) is 3.25. The lowest BCUT2D eigenvalue weighted by Gasteiger charge is -2.46. The maximum Gasteiger partial charge on any atom is 0.155 e. The quantitative estimate of drug-likeness (QED) is 0.860. The first-order chi connectivity index (χ1) is 9.13. The molecule has 1 fully saturated rings. The van der Waals surface area contributed by atoms with Crippen molar-refractivity contribution >= 4 is 16.9 Å². The van der Waals surface area contributed by atoms with Crippen molar-refractivity contribution in [2.75, 3.05) is 13.2 Å². The molecule has 2 aliphatic rings. The first-order valence-electron chi connectivity index (χ1n) is 6.48. The van der Waals surface area contributed by atoms with Crippen LogP contribution in [0, 0.1) is 11.7 Å². The fraction of sp³-hybridized carbons (Fsp3) is 0.500. The van der Waals surface area contributed by atoms with Crippen LogP contribution in [-0.4, -0.2) is 23.6 Å². The van der Waals surface area contributed by atoms with Crippen LogP contribution in [0.25, 0.3) is 0 Å². The van der Waals surface area contributed by atoms with Gasteiger partial charge in [-0.3, -0.25) is 0 Å². The lowest BCUT2D eigenvalue weighted by Crippen LogP contribution is -2.50. The Kier molecular flexibility index (Phi) is 3.27. The molecule has 2 N–H and O–H groups in total. The van der Waals surface area contributed by atoms with Gasteiger partial charge in [-0.05, 0) is 12.5 Å². The van der Waals surface area contributed by atoms with Crippen molar-refractivity contribution in [1.82, 2.24) is 0 Å². The van der Waals surface area contributed by atoms with Crippen molar-refractivity contribution in [2.45, 2.75) is 24.1 Å². The van der Waals surface area contributed by atoms with Gasteiger partial charge in [0.15, 0.2) is 5.17 Å². The summed E-state index contributed by atoms with van der Waals surface area (Å²) in [4.78, 5) is 4.61. The van der Waals surface area contributed by atoms with Gasteiger partial charge in [-0.25, -0.2) is 9.38 Å². The van der Waals surface area contributed by atoms with Crippen LogP contribution < -0.4 is 5.73 Å². The zero-order valence-electron chi connectivity index (χ0n) is 10.8. The van der Waals surface area contributed by atoms with Crippen molar-refractivity contribution in [3.63, 3.8) is 0 Å². The highest BCUT2D eigenvalue weighted by Crippen LogP contribution is 2.48. The van der Waals surface area contributed by atoms with Crippen LogP contribution in [0.3, 0.4) is 0 Å². The van der Waals surface area contributed by atoms with E-state index in [4.69, 9.17) is 10.5 Å². The predicted octanol–water partition coefficient (Wildman–Crippen LogP) is 2.51. The molecule has 3 atom stereocenters. The molecule has 0 bridgehead atoms. The number of thioether (sulfide) groups is 1. The van der Waals surface area contributed by atoms with Crippen LogP contribution in [-0.2, 0) is 10.3 Å². The molecule has 0 spiro atoms. The normalized spacial score (nSPS) is 34.5. The lowest BCUT2D eigenvalue weighted by atomic mass is 9.74. The number of halogens is 1. The fourth-order valence-corrected chi connectivity index (χ4v) is 4.29. The van der Waals surface area contributed by atoms with Gasteiger partial charge < -0.3 is 10.5 Å². The number of hydrogen-bond acceptors (Lipinski definition) is 4. The van der Waals surface area contributed by atoms with Crippen molar-refractivity contribution < 1.29 is 9.13 Å². The molecule has 19 heavy (non-hydrogen) atoms. The molecular weight excluding hydrogens is 263 g/mol. The number of amidine groups is 1.